The van der Waals surface area contributed by atoms with Crippen molar-refractivity contribution >= 4 is 40.8 Å². The number of H-pyrrole nitrogens is 1. The minimum Gasteiger partial charge on any atom is -0.467 e. The van der Waals surface area contributed by atoms with Gasteiger partial charge in [0.1, 0.15) is 11.6 Å². The number of furan rings is 1. The zero-order valence-corrected chi connectivity index (χ0v) is 20.8. The van der Waals surface area contributed by atoms with Crippen LogP contribution < -0.4 is 27.2 Å². The Kier molecular flexibility index (Phi) is 7.94. The Morgan fingerprint density at radius 2 is 1.78 bits per heavy atom. The van der Waals surface area contributed by atoms with Gasteiger partial charge in [-0.25, -0.2) is 4.79 Å². The van der Waals surface area contributed by atoms with E-state index in [1.165, 1.54) is 34.4 Å². The molecule has 0 spiro atoms. The second kappa shape index (κ2) is 11.5. The number of nitrogens with zero attached hydrogens (tertiary/aromatic N) is 2. The lowest BCUT2D eigenvalue weighted by Crippen LogP contribution is -2.41. The number of nitrogen functional groups attached to an aromatic ring is 1. The van der Waals surface area contributed by atoms with Crippen LogP contribution in [0.5, 0.6) is 0 Å². The predicted molar refractivity (Wildman–Crippen MR) is 143 cm³/mol. The summed E-state index contributed by atoms with van der Waals surface area (Å²) in [6, 6.07) is 19.5. The van der Waals surface area contributed by atoms with Gasteiger partial charge in [0.15, 0.2) is 5.69 Å². The minimum atomic E-state index is -0.767. The van der Waals surface area contributed by atoms with Crippen molar-refractivity contribution in [2.45, 2.75) is 24.9 Å². The Bertz CT molecular complexity index is 1500. The normalized spacial score (nSPS) is 10.7. The molecule has 4 N–H and O–H groups in total. The van der Waals surface area contributed by atoms with Crippen molar-refractivity contribution in [1.29, 1.82) is 0 Å². The molecular formula is C26H25N5O5S. The fourth-order valence-electron chi connectivity index (χ4n) is 3.67. The molecule has 0 aliphatic carbocycles. The van der Waals surface area contributed by atoms with E-state index in [1.54, 1.807) is 36.4 Å². The summed E-state index contributed by atoms with van der Waals surface area (Å²) in [6.07, 6.45) is 1.47. The van der Waals surface area contributed by atoms with Crippen LogP contribution in [0.15, 0.2) is 91.9 Å². The first-order valence-electron chi connectivity index (χ1n) is 11.3. The van der Waals surface area contributed by atoms with Gasteiger partial charge >= 0.3 is 5.69 Å². The summed E-state index contributed by atoms with van der Waals surface area (Å²) >= 11 is 1.26. The maximum absolute atomic E-state index is 13.4. The topological polar surface area (TPSA) is 143 Å². The zero-order chi connectivity index (χ0) is 26.4. The lowest BCUT2D eigenvalue weighted by molar-refractivity contribution is -0.116. The van der Waals surface area contributed by atoms with E-state index in [2.05, 4.69) is 10.3 Å². The highest BCUT2D eigenvalue weighted by molar-refractivity contribution is 8.00. The number of hydrogen-bond donors (Lipinski definition) is 3. The number of nitrogens with two attached hydrogens (primary N) is 1. The van der Waals surface area contributed by atoms with Crippen LogP contribution in [0, 0.1) is 0 Å². The number of benzene rings is 2. The molecule has 4 rings (SSSR count). The van der Waals surface area contributed by atoms with Crippen LogP contribution in [-0.2, 0) is 22.7 Å². The Balaban J connectivity index is 1.63. The first-order chi connectivity index (χ1) is 17.8. The Hall–Kier alpha value is -4.51. The van der Waals surface area contributed by atoms with Crippen LogP contribution in [0.2, 0.25) is 0 Å². The average molecular weight is 520 g/mol. The van der Waals surface area contributed by atoms with Crippen molar-refractivity contribution in [3.8, 4) is 0 Å². The molecular weight excluding hydrogens is 494 g/mol. The molecule has 0 unspecified atom stereocenters. The van der Waals surface area contributed by atoms with E-state index < -0.39 is 17.2 Å². The molecule has 10 nitrogen and oxygen atoms in total. The Morgan fingerprint density at radius 3 is 2.43 bits per heavy atom. The molecule has 37 heavy (non-hydrogen) atoms. The third-order valence-electron chi connectivity index (χ3n) is 5.40. The molecule has 2 aromatic carbocycles. The smallest absolute Gasteiger partial charge is 0.330 e. The number of carbonyl (C=O) groups excluding carboxylic acids is 2. The summed E-state index contributed by atoms with van der Waals surface area (Å²) in [5, 5.41) is 2.69. The van der Waals surface area contributed by atoms with Gasteiger partial charge in [-0.2, -0.15) is 0 Å². The monoisotopic (exact) mass is 519 g/mol. The first-order valence-corrected chi connectivity index (χ1v) is 12.3. The van der Waals surface area contributed by atoms with E-state index >= 15 is 0 Å². The Labute approximate surface area is 216 Å². The van der Waals surface area contributed by atoms with Crippen molar-refractivity contribution in [2.75, 3.05) is 21.7 Å². The molecule has 0 saturated carbocycles. The van der Waals surface area contributed by atoms with Gasteiger partial charge in [0.05, 0.1) is 25.1 Å². The minimum absolute atomic E-state index is 0.0170. The summed E-state index contributed by atoms with van der Waals surface area (Å²) in [4.78, 5) is 54.5. The highest BCUT2D eigenvalue weighted by Crippen LogP contribution is 2.25. The molecule has 0 aliphatic rings. The molecule has 0 radical (unpaired) electrons. The number of nitrogens with one attached hydrogen (secondary N) is 2. The van der Waals surface area contributed by atoms with Gasteiger partial charge in [0, 0.05) is 17.5 Å². The third kappa shape index (κ3) is 6.39. The largest absolute Gasteiger partial charge is 0.467 e. The van der Waals surface area contributed by atoms with Crippen molar-refractivity contribution in [1.82, 2.24) is 9.55 Å². The fraction of sp³-hybridized carbons (Fsp3) is 0.154. The fourth-order valence-corrected chi connectivity index (χ4v) is 4.45. The second-order valence-corrected chi connectivity index (χ2v) is 9.17. The Morgan fingerprint density at radius 1 is 1.05 bits per heavy atom. The van der Waals surface area contributed by atoms with Crippen LogP contribution in [0.25, 0.3) is 0 Å². The van der Waals surface area contributed by atoms with Crippen LogP contribution in [0.3, 0.4) is 0 Å². The van der Waals surface area contributed by atoms with E-state index in [4.69, 9.17) is 10.2 Å². The van der Waals surface area contributed by atoms with Crippen LogP contribution in [0.1, 0.15) is 18.2 Å². The van der Waals surface area contributed by atoms with E-state index in [0.717, 1.165) is 10.5 Å². The van der Waals surface area contributed by atoms with Gasteiger partial charge in [-0.15, -0.1) is 11.8 Å². The summed E-state index contributed by atoms with van der Waals surface area (Å²) in [5.41, 5.74) is 6.22. The first kappa shape index (κ1) is 25.6. The summed E-state index contributed by atoms with van der Waals surface area (Å²) in [5.74, 6) is -0.286. The van der Waals surface area contributed by atoms with Gasteiger partial charge in [-0.3, -0.25) is 28.8 Å². The molecule has 2 heterocycles. The number of aromatic amines is 1. The lowest BCUT2D eigenvalue weighted by Gasteiger charge is -2.24. The number of thioether (sulfide) groups is 1. The molecule has 2 amide bonds. The van der Waals surface area contributed by atoms with Crippen LogP contribution >= 0.6 is 11.8 Å². The van der Waals surface area contributed by atoms with Gasteiger partial charge < -0.3 is 15.5 Å². The highest BCUT2D eigenvalue weighted by Gasteiger charge is 2.25. The van der Waals surface area contributed by atoms with Gasteiger partial charge in [0.2, 0.25) is 11.8 Å². The van der Waals surface area contributed by atoms with Gasteiger partial charge in [-0.05, 0) is 42.0 Å². The third-order valence-corrected chi connectivity index (χ3v) is 6.40. The summed E-state index contributed by atoms with van der Waals surface area (Å²) in [6.45, 7) is 1.49. The van der Waals surface area contributed by atoms with E-state index in [1.807, 2.05) is 30.3 Å². The van der Waals surface area contributed by atoms with Gasteiger partial charge in [-0.1, -0.05) is 30.3 Å². The van der Waals surface area contributed by atoms with Crippen LogP contribution in [0.4, 0.5) is 17.2 Å². The number of aromatic nitrogens is 2. The summed E-state index contributed by atoms with van der Waals surface area (Å²) in [7, 11) is 0. The van der Waals surface area contributed by atoms with Crippen molar-refractivity contribution in [2.24, 2.45) is 0 Å². The highest BCUT2D eigenvalue weighted by atomic mass is 32.2. The molecule has 0 saturated heterocycles. The van der Waals surface area contributed by atoms with E-state index in [0.29, 0.717) is 11.4 Å². The van der Waals surface area contributed by atoms with Crippen LogP contribution in [-0.4, -0.2) is 27.1 Å². The SMILES string of the molecule is CC(=O)Nc1ccc(SCC(=O)N(Cc2ccco2)c2c(N)n(Cc3ccccc3)c(=O)[nH]c2=O)cc1. The molecule has 0 bridgehead atoms. The lowest BCUT2D eigenvalue weighted by atomic mass is 10.2. The predicted octanol–water partition coefficient (Wildman–Crippen LogP) is 3.04. The number of rotatable bonds is 9. The number of hydrogen-bond acceptors (Lipinski definition) is 7. The maximum atomic E-state index is 13.4. The molecule has 4 aromatic rings. The summed E-state index contributed by atoms with van der Waals surface area (Å²) < 4.78 is 6.64. The average Bonchev–Trinajstić information content (AvgIpc) is 3.39. The molecule has 190 valence electrons. The number of carbonyl (C=O) groups is 2. The number of amides is 2. The van der Waals surface area contributed by atoms with E-state index in [9.17, 15) is 19.2 Å². The molecule has 11 heteroatoms. The van der Waals surface area contributed by atoms with Gasteiger partial charge in [0.25, 0.3) is 5.56 Å². The molecule has 0 atom stereocenters. The van der Waals surface area contributed by atoms with Crippen molar-refractivity contribution in [3.63, 3.8) is 0 Å². The molecule has 0 fully saturated rings. The second-order valence-electron chi connectivity index (χ2n) is 8.12. The van der Waals surface area contributed by atoms with Crippen molar-refractivity contribution in [3.05, 3.63) is 105 Å². The van der Waals surface area contributed by atoms with Crippen molar-refractivity contribution < 1.29 is 14.0 Å². The molecule has 0 aliphatic heterocycles. The molecule has 2 aromatic heterocycles. The number of anilines is 3. The standard InChI is InChI=1S/C26H25N5O5S/c1-17(32)28-19-9-11-21(12-10-19)37-16-22(33)30(15-20-8-5-13-36-20)23-24(27)31(26(35)29-25(23)34)14-18-6-3-2-4-7-18/h2-13H,14-16,27H2,1H3,(H,28,32)(H,29,34,35). The quantitative estimate of drug-likeness (QED) is 0.288. The maximum Gasteiger partial charge on any atom is 0.330 e. The zero-order valence-electron chi connectivity index (χ0n) is 20.0. The van der Waals surface area contributed by atoms with E-state index in [-0.39, 0.29) is 36.3 Å².